The largest absolute Gasteiger partial charge is 0.385 e. The van der Waals surface area contributed by atoms with Crippen LogP contribution in [0.5, 0.6) is 0 Å². The molecular formula is C23H30FN5O3. The monoisotopic (exact) mass is 443 g/mol. The van der Waals surface area contributed by atoms with Gasteiger partial charge in [-0.25, -0.2) is 0 Å². The molecule has 0 amide bonds. The van der Waals surface area contributed by atoms with Crippen LogP contribution in [0.2, 0.25) is 0 Å². The highest BCUT2D eigenvalue weighted by Crippen LogP contribution is 2.36. The van der Waals surface area contributed by atoms with Gasteiger partial charge in [-0.2, -0.15) is 14.4 Å². The van der Waals surface area contributed by atoms with Gasteiger partial charge in [0, 0.05) is 39.3 Å². The molecule has 0 aliphatic carbocycles. The predicted octanol–water partition coefficient (Wildman–Crippen LogP) is 1.78. The molecule has 3 aliphatic rings. The van der Waals surface area contributed by atoms with Crippen molar-refractivity contribution in [2.24, 2.45) is 0 Å². The lowest BCUT2D eigenvalue weighted by atomic mass is 9.84. The summed E-state index contributed by atoms with van der Waals surface area (Å²) in [5.74, 6) is 0.797. The highest BCUT2D eigenvalue weighted by molar-refractivity contribution is 5.58. The molecule has 1 N–H and O–H groups in total. The molecule has 0 saturated carbocycles. The van der Waals surface area contributed by atoms with E-state index in [9.17, 15) is 5.11 Å². The van der Waals surface area contributed by atoms with E-state index < -0.39 is 11.4 Å². The average Bonchev–Trinajstić information content (AvgIpc) is 2.86. The molecule has 0 bridgehead atoms. The standard InChI is InChI=1S/C23H30FN5O3/c24-19-20(27-8-6-23(30,7-9-27)18-4-2-1-3-5-18)25-22(29-12-16-32-17-13-29)26-21(19)28-10-14-31-15-11-28/h1-5,30H,6-17H2. The van der Waals surface area contributed by atoms with E-state index in [0.717, 1.165) is 5.56 Å². The number of halogens is 1. The van der Waals surface area contributed by atoms with E-state index in [1.54, 1.807) is 0 Å². The zero-order valence-electron chi connectivity index (χ0n) is 18.2. The molecule has 4 heterocycles. The van der Waals surface area contributed by atoms with Gasteiger partial charge in [0.2, 0.25) is 11.8 Å². The van der Waals surface area contributed by atoms with E-state index >= 15 is 4.39 Å². The second-order valence-electron chi connectivity index (χ2n) is 8.57. The Bertz CT molecular complexity index is 911. The van der Waals surface area contributed by atoms with Gasteiger partial charge in [-0.3, -0.25) is 0 Å². The Morgan fingerprint density at radius 3 is 1.81 bits per heavy atom. The van der Waals surface area contributed by atoms with Gasteiger partial charge in [-0.15, -0.1) is 0 Å². The van der Waals surface area contributed by atoms with Crippen LogP contribution in [0.1, 0.15) is 18.4 Å². The van der Waals surface area contributed by atoms with Gasteiger partial charge >= 0.3 is 0 Å². The molecule has 0 radical (unpaired) electrons. The first-order valence-electron chi connectivity index (χ1n) is 11.4. The summed E-state index contributed by atoms with van der Waals surface area (Å²) in [6.07, 6.45) is 1.03. The Morgan fingerprint density at radius 1 is 0.750 bits per heavy atom. The average molecular weight is 444 g/mol. The van der Waals surface area contributed by atoms with Crippen LogP contribution in [0.25, 0.3) is 0 Å². The van der Waals surface area contributed by atoms with E-state index in [0.29, 0.717) is 96.1 Å². The molecule has 0 unspecified atom stereocenters. The summed E-state index contributed by atoms with van der Waals surface area (Å²) in [4.78, 5) is 15.2. The Labute approximate surface area is 187 Å². The lowest BCUT2D eigenvalue weighted by Gasteiger charge is -2.40. The Hall–Kier alpha value is -2.49. The van der Waals surface area contributed by atoms with Crippen LogP contribution >= 0.6 is 0 Å². The van der Waals surface area contributed by atoms with E-state index in [4.69, 9.17) is 9.47 Å². The molecule has 1 aromatic heterocycles. The van der Waals surface area contributed by atoms with Crippen LogP contribution in [-0.4, -0.2) is 80.8 Å². The molecule has 172 valence electrons. The molecule has 3 fully saturated rings. The normalized spacial score (nSPS) is 21.6. The minimum Gasteiger partial charge on any atom is -0.385 e. The zero-order valence-corrected chi connectivity index (χ0v) is 18.2. The van der Waals surface area contributed by atoms with E-state index in [-0.39, 0.29) is 0 Å². The minimum atomic E-state index is -0.901. The molecule has 9 heteroatoms. The maximum atomic E-state index is 15.7. The van der Waals surface area contributed by atoms with Crippen LogP contribution in [0.15, 0.2) is 30.3 Å². The Kier molecular flexibility index (Phi) is 6.12. The number of ether oxygens (including phenoxy) is 2. The van der Waals surface area contributed by atoms with Crippen molar-refractivity contribution in [2.45, 2.75) is 18.4 Å². The van der Waals surface area contributed by atoms with Gasteiger partial charge in [-0.05, 0) is 18.4 Å². The third-order valence-corrected chi connectivity index (χ3v) is 6.61. The number of rotatable bonds is 4. The molecular weight excluding hydrogens is 413 g/mol. The Balaban J connectivity index is 1.43. The number of nitrogens with zero attached hydrogens (tertiary/aromatic N) is 5. The van der Waals surface area contributed by atoms with Gasteiger partial charge in [0.25, 0.3) is 0 Å². The summed E-state index contributed by atoms with van der Waals surface area (Å²) in [5, 5.41) is 11.2. The van der Waals surface area contributed by atoms with E-state index in [1.807, 2.05) is 40.1 Å². The van der Waals surface area contributed by atoms with Gasteiger partial charge in [0.1, 0.15) is 0 Å². The summed E-state index contributed by atoms with van der Waals surface area (Å²) in [7, 11) is 0. The summed E-state index contributed by atoms with van der Waals surface area (Å²) < 4.78 is 26.7. The molecule has 0 atom stereocenters. The number of aromatic nitrogens is 2. The number of hydrogen-bond acceptors (Lipinski definition) is 8. The van der Waals surface area contributed by atoms with E-state index in [2.05, 4.69) is 14.9 Å². The number of morpholine rings is 2. The number of anilines is 3. The van der Waals surface area contributed by atoms with Crippen molar-refractivity contribution in [3.63, 3.8) is 0 Å². The fraction of sp³-hybridized carbons (Fsp3) is 0.565. The van der Waals surface area contributed by atoms with Crippen molar-refractivity contribution in [2.75, 3.05) is 80.4 Å². The molecule has 3 aliphatic heterocycles. The summed E-state index contributed by atoms with van der Waals surface area (Å²) >= 11 is 0. The lowest BCUT2D eigenvalue weighted by molar-refractivity contribution is 0.0115. The Morgan fingerprint density at radius 2 is 1.25 bits per heavy atom. The van der Waals surface area contributed by atoms with Crippen molar-refractivity contribution >= 4 is 17.6 Å². The number of hydrogen-bond donors (Lipinski definition) is 1. The molecule has 2 aromatic rings. The smallest absolute Gasteiger partial charge is 0.229 e. The quantitative estimate of drug-likeness (QED) is 0.767. The van der Waals surface area contributed by atoms with Crippen molar-refractivity contribution in [1.82, 2.24) is 9.97 Å². The van der Waals surface area contributed by atoms with Crippen molar-refractivity contribution in [1.29, 1.82) is 0 Å². The van der Waals surface area contributed by atoms with Gasteiger partial charge in [0.05, 0.1) is 32.0 Å². The zero-order chi connectivity index (χ0) is 22.0. The van der Waals surface area contributed by atoms with Crippen LogP contribution in [0, 0.1) is 5.82 Å². The predicted molar refractivity (Wildman–Crippen MR) is 120 cm³/mol. The summed E-state index contributed by atoms with van der Waals surface area (Å²) in [6.45, 7) is 5.93. The van der Waals surface area contributed by atoms with E-state index in [1.165, 1.54) is 0 Å². The first kappa shape index (κ1) is 21.4. The first-order valence-corrected chi connectivity index (χ1v) is 11.4. The van der Waals surface area contributed by atoms with Crippen LogP contribution in [0.3, 0.4) is 0 Å². The highest BCUT2D eigenvalue weighted by Gasteiger charge is 2.36. The lowest BCUT2D eigenvalue weighted by Crippen LogP contribution is -2.44. The fourth-order valence-electron chi connectivity index (χ4n) is 4.64. The molecule has 1 aromatic carbocycles. The fourth-order valence-corrected chi connectivity index (χ4v) is 4.64. The van der Waals surface area contributed by atoms with Gasteiger partial charge in [0.15, 0.2) is 11.6 Å². The van der Waals surface area contributed by atoms with Crippen molar-refractivity contribution in [3.05, 3.63) is 41.7 Å². The third kappa shape index (κ3) is 4.24. The molecule has 5 rings (SSSR count). The third-order valence-electron chi connectivity index (χ3n) is 6.61. The van der Waals surface area contributed by atoms with Crippen LogP contribution < -0.4 is 14.7 Å². The number of aliphatic hydroxyl groups is 1. The van der Waals surface area contributed by atoms with Gasteiger partial charge < -0.3 is 29.3 Å². The van der Waals surface area contributed by atoms with Gasteiger partial charge in [-0.1, -0.05) is 30.3 Å². The molecule has 0 spiro atoms. The first-order chi connectivity index (χ1) is 15.6. The topological polar surface area (TPSA) is 74.2 Å². The second-order valence-corrected chi connectivity index (χ2v) is 8.57. The van der Waals surface area contributed by atoms with Crippen LogP contribution in [0.4, 0.5) is 22.0 Å². The summed E-state index contributed by atoms with van der Waals surface area (Å²) in [5.41, 5.74) is 0.00672. The maximum absolute atomic E-state index is 15.7. The minimum absolute atomic E-state index is 0.318. The molecule has 3 saturated heterocycles. The maximum Gasteiger partial charge on any atom is 0.229 e. The SMILES string of the molecule is OC1(c2ccccc2)CCN(c2nc(N3CCOCC3)nc(N3CCOCC3)c2F)CC1. The van der Waals surface area contributed by atoms with Crippen molar-refractivity contribution < 1.29 is 19.0 Å². The van der Waals surface area contributed by atoms with Crippen LogP contribution in [-0.2, 0) is 15.1 Å². The number of piperidine rings is 1. The number of benzene rings is 1. The molecule has 32 heavy (non-hydrogen) atoms. The second kappa shape index (κ2) is 9.17. The summed E-state index contributed by atoms with van der Waals surface area (Å²) in [6, 6.07) is 9.72. The molecule has 8 nitrogen and oxygen atoms in total. The van der Waals surface area contributed by atoms with Crippen molar-refractivity contribution in [3.8, 4) is 0 Å². The highest BCUT2D eigenvalue weighted by atomic mass is 19.1.